The average Bonchev–Trinajstić information content (AvgIpc) is 3.16. The highest BCUT2D eigenvalue weighted by Gasteiger charge is 2.34. The van der Waals surface area contributed by atoms with Crippen LogP contribution in [-0.2, 0) is 14.6 Å². The van der Waals surface area contributed by atoms with Gasteiger partial charge in [0.1, 0.15) is 0 Å². The van der Waals surface area contributed by atoms with Crippen LogP contribution in [0.4, 0.5) is 0 Å². The van der Waals surface area contributed by atoms with Crippen molar-refractivity contribution in [2.45, 2.75) is 49.2 Å². The first-order valence-electron chi connectivity index (χ1n) is 9.16. The Labute approximate surface area is 154 Å². The molecule has 0 aromatic heterocycles. The molecule has 2 unspecified atom stereocenters. The van der Waals surface area contributed by atoms with E-state index in [4.69, 9.17) is 0 Å². The minimum absolute atomic E-state index is 0.104. The SMILES string of the molecule is CC1CN(C(=O)c2ccc(S(=O)(=O)C3CCCC3)cc2)CCC1C(=O)O. The number of amides is 1. The molecule has 7 heteroatoms. The molecule has 1 aliphatic heterocycles. The summed E-state index contributed by atoms with van der Waals surface area (Å²) >= 11 is 0. The van der Waals surface area contributed by atoms with Crippen LogP contribution in [0.5, 0.6) is 0 Å². The minimum Gasteiger partial charge on any atom is -0.481 e. The number of carbonyl (C=O) groups excluding carboxylic acids is 1. The third-order valence-electron chi connectivity index (χ3n) is 5.68. The molecule has 1 aromatic rings. The summed E-state index contributed by atoms with van der Waals surface area (Å²) in [6.07, 6.45) is 3.76. The molecule has 0 radical (unpaired) electrons. The highest BCUT2D eigenvalue weighted by Crippen LogP contribution is 2.30. The molecule has 6 nitrogen and oxygen atoms in total. The lowest BCUT2D eigenvalue weighted by molar-refractivity contribution is -0.145. The molecule has 0 bridgehead atoms. The maximum absolute atomic E-state index is 12.7. The van der Waals surface area contributed by atoms with Gasteiger partial charge in [0.05, 0.1) is 16.1 Å². The fourth-order valence-corrected chi connectivity index (χ4v) is 5.91. The van der Waals surface area contributed by atoms with Crippen molar-refractivity contribution in [2.75, 3.05) is 13.1 Å². The number of sulfone groups is 1. The van der Waals surface area contributed by atoms with Crippen LogP contribution >= 0.6 is 0 Å². The number of carboxylic acid groups (broad SMARTS) is 1. The number of aliphatic carboxylic acids is 1. The number of rotatable bonds is 4. The molecule has 26 heavy (non-hydrogen) atoms. The number of nitrogens with zero attached hydrogens (tertiary/aromatic N) is 1. The Bertz CT molecular complexity index is 781. The molecular formula is C19H25NO5S. The van der Waals surface area contributed by atoms with Crippen molar-refractivity contribution in [3.05, 3.63) is 29.8 Å². The Morgan fingerprint density at radius 1 is 1.08 bits per heavy atom. The van der Waals surface area contributed by atoms with Gasteiger partial charge in [-0.15, -0.1) is 0 Å². The van der Waals surface area contributed by atoms with Crippen molar-refractivity contribution in [3.8, 4) is 0 Å². The monoisotopic (exact) mass is 379 g/mol. The van der Waals surface area contributed by atoms with Crippen molar-refractivity contribution in [2.24, 2.45) is 11.8 Å². The number of hydrogen-bond donors (Lipinski definition) is 1. The van der Waals surface area contributed by atoms with E-state index < -0.39 is 21.7 Å². The van der Waals surface area contributed by atoms with E-state index in [1.165, 1.54) is 12.1 Å². The Hall–Kier alpha value is -1.89. The van der Waals surface area contributed by atoms with Crippen LogP contribution in [0.1, 0.15) is 49.4 Å². The lowest BCUT2D eigenvalue weighted by Gasteiger charge is -2.35. The second kappa shape index (κ2) is 7.39. The zero-order valence-corrected chi connectivity index (χ0v) is 15.7. The van der Waals surface area contributed by atoms with Crippen molar-refractivity contribution in [1.82, 2.24) is 4.90 Å². The van der Waals surface area contributed by atoms with Crippen molar-refractivity contribution in [1.29, 1.82) is 0 Å². The van der Waals surface area contributed by atoms with Gasteiger partial charge < -0.3 is 10.0 Å². The van der Waals surface area contributed by atoms with E-state index in [1.807, 2.05) is 6.92 Å². The van der Waals surface area contributed by atoms with Crippen LogP contribution in [0.2, 0.25) is 0 Å². The molecule has 1 aromatic carbocycles. The first-order valence-corrected chi connectivity index (χ1v) is 10.7. The molecule has 2 fully saturated rings. The lowest BCUT2D eigenvalue weighted by Crippen LogP contribution is -2.45. The summed E-state index contributed by atoms with van der Waals surface area (Å²) in [5.41, 5.74) is 0.441. The van der Waals surface area contributed by atoms with E-state index in [0.717, 1.165) is 12.8 Å². The van der Waals surface area contributed by atoms with Crippen LogP contribution in [0.15, 0.2) is 29.2 Å². The van der Waals surface area contributed by atoms with Crippen LogP contribution < -0.4 is 0 Å². The number of hydrogen-bond acceptors (Lipinski definition) is 4. The van der Waals surface area contributed by atoms with Crippen LogP contribution in [0.25, 0.3) is 0 Å². The molecule has 1 N–H and O–H groups in total. The maximum Gasteiger partial charge on any atom is 0.306 e. The Morgan fingerprint density at radius 2 is 1.69 bits per heavy atom. The summed E-state index contributed by atoms with van der Waals surface area (Å²) in [5.74, 6) is -1.51. The number of piperidine rings is 1. The Kier molecular flexibility index (Phi) is 5.37. The van der Waals surface area contributed by atoms with Gasteiger partial charge in [0.15, 0.2) is 9.84 Å². The topological polar surface area (TPSA) is 91.8 Å². The summed E-state index contributed by atoms with van der Waals surface area (Å²) in [5, 5.41) is 8.88. The van der Waals surface area contributed by atoms with E-state index in [-0.39, 0.29) is 22.0 Å². The van der Waals surface area contributed by atoms with Gasteiger partial charge in [0.25, 0.3) is 5.91 Å². The smallest absolute Gasteiger partial charge is 0.306 e. The van der Waals surface area contributed by atoms with Crippen LogP contribution in [0.3, 0.4) is 0 Å². The molecule has 1 heterocycles. The number of carboxylic acids is 1. The van der Waals surface area contributed by atoms with Crippen molar-refractivity contribution in [3.63, 3.8) is 0 Å². The summed E-state index contributed by atoms with van der Waals surface area (Å²) < 4.78 is 25.2. The van der Waals surface area contributed by atoms with E-state index in [9.17, 15) is 23.1 Å². The Morgan fingerprint density at radius 3 is 2.23 bits per heavy atom. The first-order chi connectivity index (χ1) is 12.3. The van der Waals surface area contributed by atoms with E-state index in [2.05, 4.69) is 0 Å². The lowest BCUT2D eigenvalue weighted by atomic mass is 9.87. The molecule has 1 saturated carbocycles. The van der Waals surface area contributed by atoms with Gasteiger partial charge >= 0.3 is 5.97 Å². The number of carbonyl (C=O) groups is 2. The molecular weight excluding hydrogens is 354 g/mol. The molecule has 0 spiro atoms. The van der Waals surface area contributed by atoms with E-state index in [1.54, 1.807) is 17.0 Å². The van der Waals surface area contributed by atoms with Gasteiger partial charge in [-0.05, 0) is 49.4 Å². The zero-order chi connectivity index (χ0) is 18.9. The van der Waals surface area contributed by atoms with Gasteiger partial charge in [-0.25, -0.2) is 8.42 Å². The van der Waals surface area contributed by atoms with Gasteiger partial charge in [-0.1, -0.05) is 19.8 Å². The fourth-order valence-electron chi connectivity index (χ4n) is 4.06. The Balaban J connectivity index is 1.71. The minimum atomic E-state index is -3.32. The molecule has 3 rings (SSSR count). The maximum atomic E-state index is 12.7. The highest BCUT2D eigenvalue weighted by molar-refractivity contribution is 7.92. The molecule has 2 aliphatic rings. The molecule has 2 atom stereocenters. The van der Waals surface area contributed by atoms with E-state index >= 15 is 0 Å². The van der Waals surface area contributed by atoms with Crippen molar-refractivity contribution >= 4 is 21.7 Å². The standard InChI is InChI=1S/C19H25NO5S/c1-13-12-20(11-10-17(13)19(22)23)18(21)14-6-8-16(9-7-14)26(24,25)15-4-2-3-5-15/h6-9,13,15,17H,2-5,10-12H2,1H3,(H,22,23). The average molecular weight is 379 g/mol. The van der Waals surface area contributed by atoms with Gasteiger partial charge in [-0.3, -0.25) is 9.59 Å². The predicted molar refractivity (Wildman–Crippen MR) is 96.7 cm³/mol. The van der Waals surface area contributed by atoms with Gasteiger partial charge in [0.2, 0.25) is 0 Å². The fraction of sp³-hybridized carbons (Fsp3) is 0.579. The number of likely N-dealkylation sites (tertiary alicyclic amines) is 1. The molecule has 1 amide bonds. The molecule has 1 saturated heterocycles. The normalized spacial score (nSPS) is 24.6. The largest absolute Gasteiger partial charge is 0.481 e. The summed E-state index contributed by atoms with van der Waals surface area (Å²) in [7, 11) is -3.32. The summed E-state index contributed by atoms with van der Waals surface area (Å²) in [4.78, 5) is 25.8. The van der Waals surface area contributed by atoms with Crippen molar-refractivity contribution < 1.29 is 23.1 Å². The van der Waals surface area contributed by atoms with E-state index in [0.29, 0.717) is 37.9 Å². The highest BCUT2D eigenvalue weighted by atomic mass is 32.2. The van der Waals surface area contributed by atoms with Crippen LogP contribution in [0, 0.1) is 11.8 Å². The third kappa shape index (κ3) is 3.63. The number of benzene rings is 1. The second-order valence-corrected chi connectivity index (χ2v) is 9.67. The summed E-state index contributed by atoms with van der Waals surface area (Å²) in [6.45, 7) is 2.65. The van der Waals surface area contributed by atoms with Gasteiger partial charge in [-0.2, -0.15) is 0 Å². The zero-order valence-electron chi connectivity index (χ0n) is 14.9. The third-order valence-corrected chi connectivity index (χ3v) is 7.96. The molecule has 1 aliphatic carbocycles. The van der Waals surface area contributed by atoms with Gasteiger partial charge in [0, 0.05) is 18.7 Å². The quantitative estimate of drug-likeness (QED) is 0.868. The molecule has 142 valence electrons. The first kappa shape index (κ1) is 18.9. The summed E-state index contributed by atoms with van der Waals surface area (Å²) in [6, 6.07) is 6.18. The second-order valence-electron chi connectivity index (χ2n) is 7.44. The van der Waals surface area contributed by atoms with Crippen LogP contribution in [-0.4, -0.2) is 48.6 Å². The predicted octanol–water partition coefficient (Wildman–Crippen LogP) is 2.59.